The minimum absolute atomic E-state index is 0.00162. The van der Waals surface area contributed by atoms with Gasteiger partial charge in [-0.2, -0.15) is 0 Å². The molecule has 2 nitrogen and oxygen atoms in total. The number of para-hydroxylation sites is 1. The van der Waals surface area contributed by atoms with Crippen molar-refractivity contribution in [3.8, 4) is 5.75 Å². The summed E-state index contributed by atoms with van der Waals surface area (Å²) in [5.41, 5.74) is 0.895. The summed E-state index contributed by atoms with van der Waals surface area (Å²) in [5, 5.41) is 0. The van der Waals surface area contributed by atoms with Crippen LogP contribution in [0, 0.1) is 5.82 Å². The molecule has 0 aromatic heterocycles. The zero-order valence-corrected chi connectivity index (χ0v) is 9.87. The average molecular weight is 223 g/mol. The van der Waals surface area contributed by atoms with E-state index in [9.17, 15) is 4.39 Å². The van der Waals surface area contributed by atoms with Crippen molar-refractivity contribution in [3.05, 3.63) is 24.0 Å². The van der Waals surface area contributed by atoms with Gasteiger partial charge in [0.05, 0.1) is 11.8 Å². The average Bonchev–Trinajstić information content (AvgIpc) is 2.73. The Morgan fingerprint density at radius 3 is 2.56 bits per heavy atom. The summed E-state index contributed by atoms with van der Waals surface area (Å²) in [4.78, 5) is 2.20. The predicted molar refractivity (Wildman–Crippen MR) is 63.6 cm³/mol. The SMILES string of the molecule is CC(C)Oc1c(F)cccc1N1CCCC1. The fourth-order valence-corrected chi connectivity index (χ4v) is 2.06. The lowest BCUT2D eigenvalue weighted by Crippen LogP contribution is -2.20. The topological polar surface area (TPSA) is 12.5 Å². The van der Waals surface area contributed by atoms with Crippen LogP contribution < -0.4 is 9.64 Å². The lowest BCUT2D eigenvalue weighted by Gasteiger charge is -2.22. The second kappa shape index (κ2) is 4.73. The van der Waals surface area contributed by atoms with Crippen LogP contribution >= 0.6 is 0 Å². The van der Waals surface area contributed by atoms with E-state index in [0.717, 1.165) is 18.8 Å². The molecular weight excluding hydrogens is 205 g/mol. The third-order valence-electron chi connectivity index (χ3n) is 2.75. The van der Waals surface area contributed by atoms with Crippen LogP contribution in [0.1, 0.15) is 26.7 Å². The van der Waals surface area contributed by atoms with Gasteiger partial charge in [-0.3, -0.25) is 0 Å². The quantitative estimate of drug-likeness (QED) is 0.780. The summed E-state index contributed by atoms with van der Waals surface area (Å²) in [6.07, 6.45) is 2.35. The van der Waals surface area contributed by atoms with Crippen molar-refractivity contribution in [3.63, 3.8) is 0 Å². The molecule has 1 aromatic rings. The molecule has 0 radical (unpaired) electrons. The molecule has 1 aliphatic rings. The number of hydrogen-bond donors (Lipinski definition) is 0. The maximum atomic E-state index is 13.7. The molecule has 16 heavy (non-hydrogen) atoms. The molecule has 88 valence electrons. The van der Waals surface area contributed by atoms with Crippen molar-refractivity contribution >= 4 is 5.69 Å². The van der Waals surface area contributed by atoms with Crippen molar-refractivity contribution in [2.45, 2.75) is 32.8 Å². The first kappa shape index (κ1) is 11.2. The molecule has 1 fully saturated rings. The van der Waals surface area contributed by atoms with Gasteiger partial charge < -0.3 is 9.64 Å². The maximum absolute atomic E-state index is 13.7. The van der Waals surface area contributed by atoms with Gasteiger partial charge in [0.1, 0.15) is 0 Å². The number of ether oxygens (including phenoxy) is 1. The summed E-state index contributed by atoms with van der Waals surface area (Å²) in [7, 11) is 0. The lowest BCUT2D eigenvalue weighted by atomic mass is 10.2. The van der Waals surface area contributed by atoms with Crippen LogP contribution in [0.25, 0.3) is 0 Å². The molecule has 0 bridgehead atoms. The Morgan fingerprint density at radius 2 is 1.94 bits per heavy atom. The Morgan fingerprint density at radius 1 is 1.25 bits per heavy atom. The van der Waals surface area contributed by atoms with Gasteiger partial charge in [-0.05, 0) is 38.8 Å². The highest BCUT2D eigenvalue weighted by Gasteiger charge is 2.19. The van der Waals surface area contributed by atoms with Gasteiger partial charge in [0.15, 0.2) is 11.6 Å². The van der Waals surface area contributed by atoms with E-state index >= 15 is 0 Å². The fraction of sp³-hybridized carbons (Fsp3) is 0.538. The van der Waals surface area contributed by atoms with Gasteiger partial charge in [-0.15, -0.1) is 0 Å². The first-order valence-corrected chi connectivity index (χ1v) is 5.88. The standard InChI is InChI=1S/C13H18FNO/c1-10(2)16-13-11(14)6-5-7-12(13)15-8-3-4-9-15/h5-7,10H,3-4,8-9H2,1-2H3. The first-order valence-electron chi connectivity index (χ1n) is 5.88. The maximum Gasteiger partial charge on any atom is 0.178 e. The molecule has 0 unspecified atom stereocenters. The molecular formula is C13H18FNO. The number of halogens is 1. The van der Waals surface area contributed by atoms with Gasteiger partial charge in [0.2, 0.25) is 0 Å². The molecule has 3 heteroatoms. The fourth-order valence-electron chi connectivity index (χ4n) is 2.06. The lowest BCUT2D eigenvalue weighted by molar-refractivity contribution is 0.232. The van der Waals surface area contributed by atoms with E-state index in [1.54, 1.807) is 6.07 Å². The smallest absolute Gasteiger partial charge is 0.178 e. The monoisotopic (exact) mass is 223 g/mol. The van der Waals surface area contributed by atoms with Gasteiger partial charge in [-0.25, -0.2) is 4.39 Å². The second-order valence-electron chi connectivity index (χ2n) is 4.45. The van der Waals surface area contributed by atoms with Crippen LogP contribution in [0.5, 0.6) is 5.75 Å². The van der Waals surface area contributed by atoms with Gasteiger partial charge in [-0.1, -0.05) is 6.07 Å². The zero-order valence-electron chi connectivity index (χ0n) is 9.87. The second-order valence-corrected chi connectivity index (χ2v) is 4.45. The van der Waals surface area contributed by atoms with E-state index in [0.29, 0.717) is 5.75 Å². The molecule has 0 aliphatic carbocycles. The van der Waals surface area contributed by atoms with E-state index in [2.05, 4.69) is 4.90 Å². The Hall–Kier alpha value is -1.25. The van der Waals surface area contributed by atoms with Crippen LogP contribution in [0.3, 0.4) is 0 Å². The number of hydrogen-bond acceptors (Lipinski definition) is 2. The van der Waals surface area contributed by atoms with Crippen LogP contribution in [0.4, 0.5) is 10.1 Å². The van der Waals surface area contributed by atoms with Gasteiger partial charge in [0.25, 0.3) is 0 Å². The Labute approximate surface area is 96.0 Å². The molecule has 0 N–H and O–H groups in total. The Bertz CT molecular complexity index is 359. The van der Waals surface area contributed by atoms with Crippen molar-refractivity contribution in [2.24, 2.45) is 0 Å². The zero-order chi connectivity index (χ0) is 11.5. The number of benzene rings is 1. The molecule has 1 heterocycles. The van der Waals surface area contributed by atoms with Crippen molar-refractivity contribution in [1.82, 2.24) is 0 Å². The summed E-state index contributed by atoms with van der Waals surface area (Å²) >= 11 is 0. The van der Waals surface area contributed by atoms with E-state index in [1.807, 2.05) is 19.9 Å². The summed E-state index contributed by atoms with van der Waals surface area (Å²) in [5.74, 6) is 0.137. The van der Waals surface area contributed by atoms with Crippen LogP contribution in [-0.4, -0.2) is 19.2 Å². The molecule has 1 aliphatic heterocycles. The molecule has 1 saturated heterocycles. The van der Waals surface area contributed by atoms with Crippen molar-refractivity contribution < 1.29 is 9.13 Å². The Balaban J connectivity index is 2.31. The van der Waals surface area contributed by atoms with Crippen LogP contribution in [0.2, 0.25) is 0 Å². The highest BCUT2D eigenvalue weighted by molar-refractivity contribution is 5.59. The summed E-state index contributed by atoms with van der Waals surface area (Å²) in [6, 6.07) is 5.14. The van der Waals surface area contributed by atoms with Crippen molar-refractivity contribution in [2.75, 3.05) is 18.0 Å². The van der Waals surface area contributed by atoms with Crippen molar-refractivity contribution in [1.29, 1.82) is 0 Å². The highest BCUT2D eigenvalue weighted by atomic mass is 19.1. The summed E-state index contributed by atoms with van der Waals surface area (Å²) in [6.45, 7) is 5.83. The molecule has 0 atom stereocenters. The minimum atomic E-state index is -0.266. The summed E-state index contributed by atoms with van der Waals surface area (Å²) < 4.78 is 19.3. The normalized spacial score (nSPS) is 15.9. The molecule has 0 spiro atoms. The van der Waals surface area contributed by atoms with E-state index in [-0.39, 0.29) is 11.9 Å². The molecule has 0 saturated carbocycles. The predicted octanol–water partition coefficient (Wildman–Crippen LogP) is 3.21. The number of anilines is 1. The first-order chi connectivity index (χ1) is 7.68. The van der Waals surface area contributed by atoms with Crippen LogP contribution in [0.15, 0.2) is 18.2 Å². The Kier molecular flexibility index (Phi) is 3.32. The largest absolute Gasteiger partial charge is 0.486 e. The third kappa shape index (κ3) is 2.29. The number of rotatable bonds is 3. The van der Waals surface area contributed by atoms with Gasteiger partial charge >= 0.3 is 0 Å². The third-order valence-corrected chi connectivity index (χ3v) is 2.75. The minimum Gasteiger partial charge on any atom is -0.486 e. The van der Waals surface area contributed by atoms with E-state index in [4.69, 9.17) is 4.74 Å². The highest BCUT2D eigenvalue weighted by Crippen LogP contribution is 2.33. The van der Waals surface area contributed by atoms with Gasteiger partial charge in [0, 0.05) is 13.1 Å². The van der Waals surface area contributed by atoms with E-state index in [1.165, 1.54) is 18.9 Å². The van der Waals surface area contributed by atoms with Crippen LogP contribution in [-0.2, 0) is 0 Å². The molecule has 1 aromatic carbocycles. The van der Waals surface area contributed by atoms with E-state index < -0.39 is 0 Å². The molecule has 2 rings (SSSR count). The number of nitrogens with zero attached hydrogens (tertiary/aromatic N) is 1. The molecule has 0 amide bonds.